The van der Waals surface area contributed by atoms with Crippen molar-refractivity contribution in [3.63, 3.8) is 0 Å². The summed E-state index contributed by atoms with van der Waals surface area (Å²) in [4.78, 5) is 36.4. The predicted molar refractivity (Wildman–Crippen MR) is 103 cm³/mol. The van der Waals surface area contributed by atoms with E-state index in [0.29, 0.717) is 18.0 Å². The molecule has 28 heavy (non-hydrogen) atoms. The Morgan fingerprint density at radius 1 is 1.29 bits per heavy atom. The fourth-order valence-electron chi connectivity index (χ4n) is 2.85. The Bertz CT molecular complexity index is 915. The lowest BCUT2D eigenvalue weighted by atomic mass is 10.2. The third kappa shape index (κ3) is 4.44. The molecule has 0 saturated heterocycles. The molecule has 2 amide bonds. The predicted octanol–water partition coefficient (Wildman–Crippen LogP) is 2.07. The molecule has 2 aromatic rings. The molecule has 0 unspecified atom stereocenters. The van der Waals surface area contributed by atoms with E-state index in [1.165, 1.54) is 23.1 Å². The molecule has 1 aliphatic rings. The van der Waals surface area contributed by atoms with Gasteiger partial charge in [-0.05, 0) is 30.3 Å². The van der Waals surface area contributed by atoms with Crippen LogP contribution in [0.25, 0.3) is 0 Å². The summed E-state index contributed by atoms with van der Waals surface area (Å²) < 4.78 is 5.30. The third-order valence-electron chi connectivity index (χ3n) is 4.19. The molecule has 2 aromatic carbocycles. The highest BCUT2D eigenvalue weighted by molar-refractivity contribution is 6.05. The fraction of sp³-hybridized carbons (Fsp3) is 0.263. The van der Waals surface area contributed by atoms with Crippen molar-refractivity contribution < 1.29 is 19.2 Å². The van der Waals surface area contributed by atoms with Crippen LogP contribution in [0.5, 0.6) is 5.75 Å². The van der Waals surface area contributed by atoms with Crippen molar-refractivity contribution in [1.29, 1.82) is 0 Å². The lowest BCUT2D eigenvalue weighted by molar-refractivity contribution is -0.384. The Morgan fingerprint density at radius 3 is 2.86 bits per heavy atom. The second-order valence-electron chi connectivity index (χ2n) is 6.21. The number of nitro groups is 1. The Kier molecular flexibility index (Phi) is 5.85. The zero-order chi connectivity index (χ0) is 20.1. The van der Waals surface area contributed by atoms with Gasteiger partial charge in [-0.2, -0.15) is 0 Å². The first-order valence-corrected chi connectivity index (χ1v) is 8.79. The van der Waals surface area contributed by atoms with Crippen LogP contribution in [0.1, 0.15) is 12.5 Å². The van der Waals surface area contributed by atoms with E-state index >= 15 is 0 Å². The van der Waals surface area contributed by atoms with E-state index in [9.17, 15) is 19.7 Å². The van der Waals surface area contributed by atoms with Gasteiger partial charge in [0.25, 0.3) is 11.6 Å². The summed E-state index contributed by atoms with van der Waals surface area (Å²) >= 11 is 0. The maximum absolute atomic E-state index is 12.5. The first kappa shape index (κ1) is 19.3. The zero-order valence-electron chi connectivity index (χ0n) is 15.3. The molecular weight excluding hydrogens is 364 g/mol. The van der Waals surface area contributed by atoms with Crippen LogP contribution < -0.4 is 20.3 Å². The molecule has 0 aromatic heterocycles. The molecule has 1 heterocycles. The van der Waals surface area contributed by atoms with Crippen molar-refractivity contribution in [3.8, 4) is 5.75 Å². The number of benzene rings is 2. The summed E-state index contributed by atoms with van der Waals surface area (Å²) in [7, 11) is 0. The van der Waals surface area contributed by atoms with E-state index in [1.54, 1.807) is 6.07 Å². The van der Waals surface area contributed by atoms with E-state index in [2.05, 4.69) is 10.6 Å². The number of nitrogens with zero attached hydrogens (tertiary/aromatic N) is 2. The van der Waals surface area contributed by atoms with Gasteiger partial charge in [-0.15, -0.1) is 0 Å². The molecule has 0 saturated carbocycles. The summed E-state index contributed by atoms with van der Waals surface area (Å²) in [5.41, 5.74) is 1.66. The quantitative estimate of drug-likeness (QED) is 0.558. The number of nitro benzene ring substituents is 1. The minimum atomic E-state index is -0.562. The molecule has 0 atom stereocenters. The van der Waals surface area contributed by atoms with Crippen molar-refractivity contribution >= 4 is 28.9 Å². The zero-order valence-corrected chi connectivity index (χ0v) is 15.3. The molecule has 3 rings (SSSR count). The van der Waals surface area contributed by atoms with Gasteiger partial charge in [0.05, 0.1) is 10.6 Å². The van der Waals surface area contributed by atoms with Gasteiger partial charge in [-0.3, -0.25) is 24.6 Å². The molecule has 9 heteroatoms. The normalized spacial score (nSPS) is 12.9. The molecule has 0 aliphatic carbocycles. The minimum Gasteiger partial charge on any atom is -0.482 e. The molecule has 2 N–H and O–H groups in total. The number of nitrogens with one attached hydrogen (secondary N) is 2. The maximum Gasteiger partial charge on any atom is 0.271 e. The number of carbonyl (C=O) groups is 2. The van der Waals surface area contributed by atoms with Gasteiger partial charge in [0.2, 0.25) is 5.91 Å². The van der Waals surface area contributed by atoms with E-state index < -0.39 is 16.7 Å². The smallest absolute Gasteiger partial charge is 0.271 e. The molecular formula is C19H20N4O5. The molecule has 0 radical (unpaired) electrons. The third-order valence-corrected chi connectivity index (χ3v) is 4.19. The second kappa shape index (κ2) is 8.49. The van der Waals surface area contributed by atoms with Crippen molar-refractivity contribution in [1.82, 2.24) is 5.32 Å². The number of amides is 2. The topological polar surface area (TPSA) is 114 Å². The molecule has 9 nitrogen and oxygen atoms in total. The van der Waals surface area contributed by atoms with E-state index in [1.807, 2.05) is 25.1 Å². The summed E-state index contributed by atoms with van der Waals surface area (Å²) in [6.45, 7) is 3.03. The van der Waals surface area contributed by atoms with Crippen LogP contribution in [0.4, 0.5) is 17.1 Å². The van der Waals surface area contributed by atoms with Crippen molar-refractivity contribution in [2.45, 2.75) is 13.5 Å². The van der Waals surface area contributed by atoms with Gasteiger partial charge in [0, 0.05) is 24.4 Å². The van der Waals surface area contributed by atoms with E-state index in [-0.39, 0.29) is 24.5 Å². The van der Waals surface area contributed by atoms with Crippen molar-refractivity contribution in [2.75, 3.05) is 29.9 Å². The summed E-state index contributed by atoms with van der Waals surface area (Å²) in [5.74, 6) is -0.525. The number of non-ortho nitro benzene ring substituents is 1. The fourth-order valence-corrected chi connectivity index (χ4v) is 2.85. The summed E-state index contributed by atoms with van der Waals surface area (Å²) in [5, 5.41) is 17.0. The molecule has 0 fully saturated rings. The highest BCUT2D eigenvalue weighted by atomic mass is 16.6. The van der Waals surface area contributed by atoms with Gasteiger partial charge in [-0.1, -0.05) is 19.1 Å². The Hall–Kier alpha value is -3.46. The number of fused-ring (bicyclic) bond motifs is 1. The minimum absolute atomic E-state index is 0.182. The van der Waals surface area contributed by atoms with Crippen LogP contribution in [-0.2, 0) is 16.1 Å². The number of carbonyl (C=O) groups excluding carboxylic acids is 2. The Morgan fingerprint density at radius 2 is 2.11 bits per heavy atom. The second-order valence-corrected chi connectivity index (χ2v) is 6.21. The number of anilines is 2. The standard InChI is InChI=1S/C19H20N4O5/c1-2-20-10-13-4-3-5-14(8-13)21-18(24)11-22-16-9-15(23(26)27)6-7-17(16)28-12-19(22)25/h3-9,20H,2,10-12H2,1H3,(H,21,24). The lowest BCUT2D eigenvalue weighted by Gasteiger charge is -2.28. The molecule has 1 aliphatic heterocycles. The number of rotatable bonds is 7. The van der Waals surface area contributed by atoms with Crippen LogP contribution in [0, 0.1) is 10.1 Å². The number of ether oxygens (including phenoxy) is 1. The molecule has 146 valence electrons. The van der Waals surface area contributed by atoms with Crippen molar-refractivity contribution in [3.05, 3.63) is 58.1 Å². The Labute approximate surface area is 161 Å². The van der Waals surface area contributed by atoms with E-state index in [0.717, 1.165) is 12.1 Å². The van der Waals surface area contributed by atoms with Crippen LogP contribution in [0.3, 0.4) is 0 Å². The highest BCUT2D eigenvalue weighted by Crippen LogP contribution is 2.35. The van der Waals surface area contributed by atoms with Gasteiger partial charge in [-0.25, -0.2) is 0 Å². The SMILES string of the molecule is CCNCc1cccc(NC(=O)CN2C(=O)COc3ccc([N+](=O)[O-])cc32)c1. The van der Waals surface area contributed by atoms with Gasteiger partial charge in [0.1, 0.15) is 12.3 Å². The van der Waals surface area contributed by atoms with Gasteiger partial charge in [0.15, 0.2) is 6.61 Å². The average Bonchev–Trinajstić information content (AvgIpc) is 2.68. The van der Waals surface area contributed by atoms with Crippen LogP contribution in [-0.4, -0.2) is 36.4 Å². The maximum atomic E-state index is 12.5. The summed E-state index contributed by atoms with van der Waals surface area (Å²) in [6.07, 6.45) is 0. The largest absolute Gasteiger partial charge is 0.482 e. The lowest BCUT2D eigenvalue weighted by Crippen LogP contribution is -2.43. The van der Waals surface area contributed by atoms with Gasteiger partial charge < -0.3 is 15.4 Å². The average molecular weight is 384 g/mol. The van der Waals surface area contributed by atoms with Crippen LogP contribution in [0.2, 0.25) is 0 Å². The van der Waals surface area contributed by atoms with Crippen LogP contribution >= 0.6 is 0 Å². The Balaban J connectivity index is 1.74. The van der Waals surface area contributed by atoms with Crippen LogP contribution in [0.15, 0.2) is 42.5 Å². The van der Waals surface area contributed by atoms with Gasteiger partial charge >= 0.3 is 0 Å². The monoisotopic (exact) mass is 384 g/mol. The van der Waals surface area contributed by atoms with E-state index in [4.69, 9.17) is 4.74 Å². The number of hydrogen-bond acceptors (Lipinski definition) is 6. The summed E-state index contributed by atoms with van der Waals surface area (Å²) in [6, 6.07) is 11.3. The van der Waals surface area contributed by atoms with Crippen molar-refractivity contribution in [2.24, 2.45) is 0 Å². The first-order valence-electron chi connectivity index (χ1n) is 8.79. The highest BCUT2D eigenvalue weighted by Gasteiger charge is 2.29. The molecule has 0 spiro atoms. The first-order chi connectivity index (χ1) is 13.5. The molecule has 0 bridgehead atoms. The number of hydrogen-bond donors (Lipinski definition) is 2.